The third-order valence-corrected chi connectivity index (χ3v) is 3.71. The lowest BCUT2D eigenvalue weighted by atomic mass is 10.2. The maximum atomic E-state index is 11.9. The van der Waals surface area contributed by atoms with Crippen LogP contribution in [0.2, 0.25) is 5.02 Å². The zero-order valence-corrected chi connectivity index (χ0v) is 12.7. The Morgan fingerprint density at radius 1 is 1.52 bits per heavy atom. The van der Waals surface area contributed by atoms with Gasteiger partial charge in [-0.1, -0.05) is 30.7 Å². The minimum absolute atomic E-state index is 0.0745. The van der Waals surface area contributed by atoms with Gasteiger partial charge in [0.1, 0.15) is 17.9 Å². The molecule has 0 radical (unpaired) electrons. The number of halogens is 1. The molecular weight excluding hydrogens is 292 g/mol. The molecular formula is C15H19ClN2O3. The quantitative estimate of drug-likeness (QED) is 0.843. The number of carbonyl (C=O) groups excluding carboxylic acids is 2. The number of benzene rings is 1. The molecule has 1 saturated heterocycles. The summed E-state index contributed by atoms with van der Waals surface area (Å²) in [5.74, 6) is 0.367. The molecule has 5 nitrogen and oxygen atoms in total. The van der Waals surface area contributed by atoms with Crippen LogP contribution < -0.4 is 15.4 Å². The molecule has 0 aromatic heterocycles. The summed E-state index contributed by atoms with van der Waals surface area (Å²) in [7, 11) is 0. The van der Waals surface area contributed by atoms with Crippen molar-refractivity contribution in [2.45, 2.75) is 38.3 Å². The molecule has 2 amide bonds. The van der Waals surface area contributed by atoms with Gasteiger partial charge in [0.25, 0.3) is 0 Å². The molecule has 21 heavy (non-hydrogen) atoms. The van der Waals surface area contributed by atoms with Gasteiger partial charge in [-0.25, -0.2) is 0 Å². The van der Waals surface area contributed by atoms with Gasteiger partial charge in [-0.05, 0) is 25.0 Å². The van der Waals surface area contributed by atoms with E-state index < -0.39 is 6.04 Å². The number of hydrogen-bond acceptors (Lipinski definition) is 3. The van der Waals surface area contributed by atoms with Crippen molar-refractivity contribution in [1.82, 2.24) is 10.6 Å². The molecule has 1 aliphatic heterocycles. The largest absolute Gasteiger partial charge is 0.487 e. The predicted octanol–water partition coefficient (Wildman–Crippen LogP) is 1.89. The number of para-hydroxylation sites is 1. The highest BCUT2D eigenvalue weighted by molar-refractivity contribution is 6.32. The highest BCUT2D eigenvalue weighted by Crippen LogP contribution is 2.24. The highest BCUT2D eigenvalue weighted by Gasteiger charge is 2.27. The van der Waals surface area contributed by atoms with Gasteiger partial charge in [0.2, 0.25) is 11.8 Å². The van der Waals surface area contributed by atoms with Crippen LogP contribution in [0, 0.1) is 0 Å². The molecule has 2 atom stereocenters. The van der Waals surface area contributed by atoms with Gasteiger partial charge in [-0.3, -0.25) is 9.59 Å². The number of carbonyl (C=O) groups is 2. The van der Waals surface area contributed by atoms with E-state index in [0.29, 0.717) is 30.2 Å². The Morgan fingerprint density at radius 2 is 2.29 bits per heavy atom. The lowest BCUT2D eigenvalue weighted by Crippen LogP contribution is -2.45. The third-order valence-electron chi connectivity index (χ3n) is 3.40. The van der Waals surface area contributed by atoms with Crippen LogP contribution in [0.15, 0.2) is 24.3 Å². The number of ether oxygens (including phenoxy) is 1. The summed E-state index contributed by atoms with van der Waals surface area (Å²) >= 11 is 6.05. The Hall–Kier alpha value is -1.75. The zero-order valence-electron chi connectivity index (χ0n) is 11.9. The highest BCUT2D eigenvalue weighted by atomic mass is 35.5. The Balaban J connectivity index is 1.84. The van der Waals surface area contributed by atoms with Gasteiger partial charge in [-0.2, -0.15) is 0 Å². The molecule has 2 unspecified atom stereocenters. The van der Waals surface area contributed by atoms with Crippen molar-refractivity contribution in [2.24, 2.45) is 0 Å². The number of nitrogens with one attached hydrogen (secondary N) is 2. The van der Waals surface area contributed by atoms with E-state index >= 15 is 0 Å². The van der Waals surface area contributed by atoms with E-state index in [1.54, 1.807) is 12.1 Å². The van der Waals surface area contributed by atoms with E-state index in [9.17, 15) is 9.59 Å². The Bertz CT molecular complexity index is 521. The molecule has 0 aliphatic carbocycles. The van der Waals surface area contributed by atoms with Crippen LogP contribution in [0.25, 0.3) is 0 Å². The first-order valence-corrected chi connectivity index (χ1v) is 7.46. The van der Waals surface area contributed by atoms with Crippen molar-refractivity contribution in [3.05, 3.63) is 29.3 Å². The van der Waals surface area contributed by atoms with Crippen molar-refractivity contribution in [3.8, 4) is 5.75 Å². The first-order chi connectivity index (χ1) is 10.1. The van der Waals surface area contributed by atoms with Crippen molar-refractivity contribution < 1.29 is 14.3 Å². The maximum Gasteiger partial charge on any atom is 0.242 e. The van der Waals surface area contributed by atoms with Crippen LogP contribution in [0.4, 0.5) is 0 Å². The first kappa shape index (κ1) is 15.6. The van der Waals surface area contributed by atoms with Crippen LogP contribution in [-0.2, 0) is 9.59 Å². The summed E-state index contributed by atoms with van der Waals surface area (Å²) in [5.41, 5.74) is 0. The molecule has 2 N–H and O–H groups in total. The second-order valence-corrected chi connectivity index (χ2v) is 5.39. The molecule has 0 spiro atoms. The Kier molecular flexibility index (Phi) is 5.44. The normalized spacial score (nSPS) is 19.0. The maximum absolute atomic E-state index is 11.9. The summed E-state index contributed by atoms with van der Waals surface area (Å²) in [5, 5.41) is 6.00. The lowest BCUT2D eigenvalue weighted by molar-refractivity contribution is -0.126. The van der Waals surface area contributed by atoms with Gasteiger partial charge in [0.05, 0.1) is 11.6 Å². The zero-order chi connectivity index (χ0) is 15.2. The monoisotopic (exact) mass is 310 g/mol. The second kappa shape index (κ2) is 7.31. The van der Waals surface area contributed by atoms with Crippen LogP contribution in [-0.4, -0.2) is 30.5 Å². The third kappa shape index (κ3) is 4.36. The van der Waals surface area contributed by atoms with Crippen LogP contribution >= 0.6 is 11.6 Å². The van der Waals surface area contributed by atoms with Crippen LogP contribution in [0.1, 0.15) is 26.2 Å². The molecule has 6 heteroatoms. The molecule has 1 fully saturated rings. The second-order valence-electron chi connectivity index (χ2n) is 4.98. The molecule has 114 valence electrons. The van der Waals surface area contributed by atoms with Crippen molar-refractivity contribution in [3.63, 3.8) is 0 Å². The number of rotatable bonds is 6. The molecule has 1 heterocycles. The molecule has 1 aromatic rings. The van der Waals surface area contributed by atoms with Gasteiger partial charge >= 0.3 is 0 Å². The van der Waals surface area contributed by atoms with Crippen molar-refractivity contribution in [1.29, 1.82) is 0 Å². The first-order valence-electron chi connectivity index (χ1n) is 7.08. The molecule has 0 saturated carbocycles. The summed E-state index contributed by atoms with van der Waals surface area (Å²) in [6, 6.07) is 6.82. The van der Waals surface area contributed by atoms with Gasteiger partial charge in [0, 0.05) is 6.42 Å². The van der Waals surface area contributed by atoms with Crippen LogP contribution in [0.3, 0.4) is 0 Å². The van der Waals surface area contributed by atoms with E-state index in [0.717, 1.165) is 6.42 Å². The molecule has 1 aromatic carbocycles. The summed E-state index contributed by atoms with van der Waals surface area (Å²) in [6.45, 7) is 2.36. The SMILES string of the molecule is CCC(CNC(=O)C1CCC(=O)N1)Oc1ccccc1Cl. The molecule has 0 bridgehead atoms. The van der Waals surface area contributed by atoms with Gasteiger partial charge in [0.15, 0.2) is 0 Å². The fourth-order valence-electron chi connectivity index (χ4n) is 2.14. The molecule has 2 rings (SSSR count). The van der Waals surface area contributed by atoms with E-state index in [2.05, 4.69) is 10.6 Å². The number of amides is 2. The average Bonchev–Trinajstić information content (AvgIpc) is 2.91. The Labute approximate surface area is 129 Å². The summed E-state index contributed by atoms with van der Waals surface area (Å²) in [4.78, 5) is 23.0. The topological polar surface area (TPSA) is 67.4 Å². The van der Waals surface area contributed by atoms with E-state index in [1.165, 1.54) is 0 Å². The average molecular weight is 311 g/mol. The van der Waals surface area contributed by atoms with Crippen molar-refractivity contribution >= 4 is 23.4 Å². The molecule has 1 aliphatic rings. The predicted molar refractivity (Wildman–Crippen MR) is 80.3 cm³/mol. The van der Waals surface area contributed by atoms with Crippen LogP contribution in [0.5, 0.6) is 5.75 Å². The minimum atomic E-state index is -0.421. The van der Waals surface area contributed by atoms with Crippen molar-refractivity contribution in [2.75, 3.05) is 6.54 Å². The van der Waals surface area contributed by atoms with E-state index in [-0.39, 0.29) is 17.9 Å². The summed E-state index contributed by atoms with van der Waals surface area (Å²) < 4.78 is 5.79. The standard InChI is InChI=1S/C15H19ClN2O3/c1-2-10(21-13-6-4-3-5-11(13)16)9-17-15(20)12-7-8-14(19)18-12/h3-6,10,12H,2,7-9H2,1H3,(H,17,20)(H,18,19). The Morgan fingerprint density at radius 3 is 2.90 bits per heavy atom. The minimum Gasteiger partial charge on any atom is -0.487 e. The fourth-order valence-corrected chi connectivity index (χ4v) is 2.32. The smallest absolute Gasteiger partial charge is 0.242 e. The van der Waals surface area contributed by atoms with Gasteiger partial charge in [-0.15, -0.1) is 0 Å². The number of hydrogen-bond donors (Lipinski definition) is 2. The van der Waals surface area contributed by atoms with E-state index in [1.807, 2.05) is 19.1 Å². The lowest BCUT2D eigenvalue weighted by Gasteiger charge is -2.20. The summed E-state index contributed by atoms with van der Waals surface area (Å²) in [6.07, 6.45) is 1.53. The van der Waals surface area contributed by atoms with E-state index in [4.69, 9.17) is 16.3 Å². The van der Waals surface area contributed by atoms with Gasteiger partial charge < -0.3 is 15.4 Å². The fraction of sp³-hybridized carbons (Fsp3) is 0.467.